The Hall–Kier alpha value is 0.1000. The maximum atomic E-state index is 8.83. The molecule has 0 aromatic rings. The minimum atomic E-state index is -0.885. The van der Waals surface area contributed by atoms with E-state index in [0.717, 1.165) is 0 Å². The molecular weight excluding hydrogens is 200 g/mol. The number of aliphatic hydroxyl groups is 1. The van der Waals surface area contributed by atoms with Crippen LogP contribution in [0.4, 0.5) is 0 Å². The van der Waals surface area contributed by atoms with E-state index in [1.807, 2.05) is 0 Å². The van der Waals surface area contributed by atoms with Crippen molar-refractivity contribution < 1.29 is 14.6 Å². The van der Waals surface area contributed by atoms with E-state index < -0.39 is 5.79 Å². The molecule has 0 saturated carbocycles. The lowest BCUT2D eigenvalue weighted by atomic mass is 10.3. The van der Waals surface area contributed by atoms with Crippen molar-refractivity contribution in [2.24, 2.45) is 0 Å². The van der Waals surface area contributed by atoms with Gasteiger partial charge in [-0.15, -0.1) is 0 Å². The fourth-order valence-corrected chi connectivity index (χ4v) is 1.21. The maximum absolute atomic E-state index is 8.83. The Morgan fingerprint density at radius 2 is 2.10 bits per heavy atom. The number of hydrogen-bond donors (Lipinski definition) is 1. The molecule has 1 saturated heterocycles. The Morgan fingerprint density at radius 3 is 2.50 bits per heavy atom. The number of aliphatic hydroxyl groups excluding tert-OH is 1. The zero-order valence-corrected chi connectivity index (χ0v) is 7.00. The summed E-state index contributed by atoms with van der Waals surface area (Å²) in [6.07, 6.45) is 1.64. The zero-order valence-electron chi connectivity index (χ0n) is 5.42. The van der Waals surface area contributed by atoms with E-state index in [4.69, 9.17) is 14.6 Å². The van der Waals surface area contributed by atoms with Gasteiger partial charge in [-0.25, -0.2) is 0 Å². The second kappa shape index (κ2) is 3.48. The minimum Gasteiger partial charge on any atom is -0.390 e. The average Bonchev–Trinajstić information content (AvgIpc) is 2.39. The van der Waals surface area contributed by atoms with Crippen molar-refractivity contribution in [3.63, 3.8) is 0 Å². The molecule has 1 heterocycles. The normalized spacial score (nSPS) is 24.2. The fourth-order valence-electron chi connectivity index (χ4n) is 0.807. The first-order chi connectivity index (χ1) is 4.83. The van der Waals surface area contributed by atoms with Crippen LogP contribution in [0.15, 0.2) is 11.1 Å². The van der Waals surface area contributed by atoms with E-state index >= 15 is 0 Å². The summed E-state index contributed by atoms with van der Waals surface area (Å²) in [4.78, 5) is 1.62. The summed E-state index contributed by atoms with van der Waals surface area (Å²) in [6, 6.07) is 0. The molecule has 0 radical (unpaired) electrons. The summed E-state index contributed by atoms with van der Waals surface area (Å²) in [5.74, 6) is -0.885. The predicted molar refractivity (Wildman–Crippen MR) is 39.8 cm³/mol. The average molecular weight is 209 g/mol. The molecule has 1 N–H and O–H groups in total. The van der Waals surface area contributed by atoms with Crippen LogP contribution in [0.5, 0.6) is 0 Å². The summed E-state index contributed by atoms with van der Waals surface area (Å²) in [5.41, 5.74) is 0. The lowest BCUT2D eigenvalue weighted by molar-refractivity contribution is -0.144. The lowest BCUT2D eigenvalue weighted by Gasteiger charge is -2.19. The molecule has 1 aliphatic rings. The first-order valence-electron chi connectivity index (χ1n) is 3.00. The molecule has 1 rings (SSSR count). The fraction of sp³-hybridized carbons (Fsp3) is 0.667. The van der Waals surface area contributed by atoms with Crippen LogP contribution in [-0.4, -0.2) is 30.7 Å². The van der Waals surface area contributed by atoms with Crippen molar-refractivity contribution in [3.05, 3.63) is 11.1 Å². The second-order valence-electron chi connectivity index (χ2n) is 1.96. The largest absolute Gasteiger partial charge is 0.390 e. The Bertz CT molecular complexity index is 129. The van der Waals surface area contributed by atoms with Crippen LogP contribution in [-0.2, 0) is 9.47 Å². The first-order valence-corrected chi connectivity index (χ1v) is 3.91. The van der Waals surface area contributed by atoms with Crippen molar-refractivity contribution in [1.29, 1.82) is 0 Å². The van der Waals surface area contributed by atoms with Crippen LogP contribution >= 0.6 is 15.9 Å². The summed E-state index contributed by atoms with van der Waals surface area (Å²) < 4.78 is 10.3. The number of hydrogen-bond acceptors (Lipinski definition) is 3. The van der Waals surface area contributed by atoms with Gasteiger partial charge in [-0.1, -0.05) is 15.9 Å². The molecule has 0 unspecified atom stereocenters. The SMILES string of the molecule is OCC1(C=CBr)OCCO1. The van der Waals surface area contributed by atoms with Crippen molar-refractivity contribution in [2.45, 2.75) is 5.79 Å². The molecule has 10 heavy (non-hydrogen) atoms. The Kier molecular flexibility index (Phi) is 2.85. The second-order valence-corrected chi connectivity index (χ2v) is 2.49. The topological polar surface area (TPSA) is 38.7 Å². The molecule has 1 fully saturated rings. The molecule has 3 nitrogen and oxygen atoms in total. The Morgan fingerprint density at radius 1 is 1.50 bits per heavy atom. The van der Waals surface area contributed by atoms with Gasteiger partial charge in [0.15, 0.2) is 0 Å². The van der Waals surface area contributed by atoms with Gasteiger partial charge in [0.1, 0.15) is 6.61 Å². The number of rotatable bonds is 2. The van der Waals surface area contributed by atoms with Crippen LogP contribution in [0.2, 0.25) is 0 Å². The summed E-state index contributed by atoms with van der Waals surface area (Å²) >= 11 is 3.08. The summed E-state index contributed by atoms with van der Waals surface area (Å²) in [7, 11) is 0. The smallest absolute Gasteiger partial charge is 0.212 e. The first kappa shape index (κ1) is 8.20. The minimum absolute atomic E-state index is 0.144. The van der Waals surface area contributed by atoms with E-state index in [9.17, 15) is 0 Å². The molecule has 1 aliphatic heterocycles. The highest BCUT2D eigenvalue weighted by molar-refractivity contribution is 9.11. The molecule has 0 atom stereocenters. The van der Waals surface area contributed by atoms with Gasteiger partial charge < -0.3 is 14.6 Å². The standard InChI is InChI=1S/C6H9BrO3/c7-2-1-6(5-8)9-3-4-10-6/h1-2,8H,3-5H2. The van der Waals surface area contributed by atoms with Crippen LogP contribution in [0.25, 0.3) is 0 Å². The van der Waals surface area contributed by atoms with Crippen molar-refractivity contribution in [3.8, 4) is 0 Å². The van der Waals surface area contributed by atoms with Crippen molar-refractivity contribution in [1.82, 2.24) is 0 Å². The van der Waals surface area contributed by atoms with Crippen molar-refractivity contribution >= 4 is 15.9 Å². The van der Waals surface area contributed by atoms with Crippen LogP contribution in [0.1, 0.15) is 0 Å². The summed E-state index contributed by atoms with van der Waals surface area (Å²) in [5, 5.41) is 8.83. The summed E-state index contributed by atoms with van der Waals surface area (Å²) in [6.45, 7) is 0.935. The Labute approximate surface area is 67.8 Å². The quantitative estimate of drug-likeness (QED) is 0.724. The van der Waals surface area contributed by atoms with E-state index in [2.05, 4.69) is 15.9 Å². The molecule has 0 spiro atoms. The number of ether oxygens (including phenoxy) is 2. The van der Waals surface area contributed by atoms with Gasteiger partial charge in [-0.3, -0.25) is 0 Å². The molecule has 0 bridgehead atoms. The van der Waals surface area contributed by atoms with Crippen LogP contribution in [0.3, 0.4) is 0 Å². The highest BCUT2D eigenvalue weighted by Gasteiger charge is 2.32. The van der Waals surface area contributed by atoms with Gasteiger partial charge in [0.25, 0.3) is 0 Å². The molecule has 0 aromatic carbocycles. The highest BCUT2D eigenvalue weighted by Crippen LogP contribution is 2.20. The molecule has 58 valence electrons. The van der Waals surface area contributed by atoms with E-state index in [-0.39, 0.29) is 6.61 Å². The molecule has 0 amide bonds. The van der Waals surface area contributed by atoms with Gasteiger partial charge >= 0.3 is 0 Å². The number of halogens is 1. The van der Waals surface area contributed by atoms with E-state index in [1.54, 1.807) is 11.1 Å². The van der Waals surface area contributed by atoms with E-state index in [0.29, 0.717) is 13.2 Å². The lowest BCUT2D eigenvalue weighted by Crippen LogP contribution is -2.31. The Balaban J connectivity index is 2.57. The van der Waals surface area contributed by atoms with Gasteiger partial charge in [0, 0.05) is 0 Å². The highest BCUT2D eigenvalue weighted by atomic mass is 79.9. The van der Waals surface area contributed by atoms with E-state index in [1.165, 1.54) is 0 Å². The van der Waals surface area contributed by atoms with Gasteiger partial charge in [0.2, 0.25) is 5.79 Å². The monoisotopic (exact) mass is 208 g/mol. The molecule has 4 heteroatoms. The van der Waals surface area contributed by atoms with Crippen molar-refractivity contribution in [2.75, 3.05) is 19.8 Å². The van der Waals surface area contributed by atoms with Crippen LogP contribution < -0.4 is 0 Å². The van der Waals surface area contributed by atoms with Crippen LogP contribution in [0, 0.1) is 0 Å². The van der Waals surface area contributed by atoms with Gasteiger partial charge in [0.05, 0.1) is 13.2 Å². The third-order valence-corrected chi connectivity index (χ3v) is 1.58. The van der Waals surface area contributed by atoms with Gasteiger partial charge in [-0.2, -0.15) is 0 Å². The third-order valence-electron chi connectivity index (χ3n) is 1.31. The molecule has 0 aromatic heterocycles. The molecule has 0 aliphatic carbocycles. The predicted octanol–water partition coefficient (Wildman–Crippen LogP) is 0.630. The zero-order chi connectivity index (χ0) is 7.45. The maximum Gasteiger partial charge on any atom is 0.212 e. The third kappa shape index (κ3) is 1.58. The molecular formula is C6H9BrO3. The van der Waals surface area contributed by atoms with Gasteiger partial charge in [-0.05, 0) is 11.1 Å².